The summed E-state index contributed by atoms with van der Waals surface area (Å²) in [7, 11) is 0. The summed E-state index contributed by atoms with van der Waals surface area (Å²) in [4.78, 5) is 29.7. The van der Waals surface area contributed by atoms with E-state index < -0.39 is 11.5 Å². The van der Waals surface area contributed by atoms with E-state index in [0.29, 0.717) is 27.5 Å². The molecule has 0 radical (unpaired) electrons. The highest BCUT2D eigenvalue weighted by Crippen LogP contribution is 2.23. The zero-order chi connectivity index (χ0) is 19.7. The molecule has 4 rings (SSSR count). The zero-order valence-electron chi connectivity index (χ0n) is 14.2. The van der Waals surface area contributed by atoms with Crippen molar-refractivity contribution < 1.29 is 13.6 Å². The molecule has 140 valence electrons. The smallest absolute Gasteiger partial charge is 0.349 e. The van der Waals surface area contributed by atoms with Crippen molar-refractivity contribution in [2.24, 2.45) is 0 Å². The molecule has 0 unspecified atom stereocenters. The number of carbonyl (C=O) groups is 1. The fraction of sp³-hybridized carbons (Fsp3) is 0.0500. The molecule has 0 aliphatic heterocycles. The standard InChI is InChI=1S/C20H12ClFN2O3S/c21-13-3-6-17-12(8-13)9-16(19(26)27-17)18(25)24-20-23-10-15(28-20)7-11-1-4-14(22)5-2-11/h1-6,8-10H,7H2,(H,23,24,25). The highest BCUT2D eigenvalue weighted by atomic mass is 35.5. The summed E-state index contributed by atoms with van der Waals surface area (Å²) in [5.41, 5.74) is 0.400. The van der Waals surface area contributed by atoms with Crippen LogP contribution < -0.4 is 10.9 Å². The second-order valence-corrected chi connectivity index (χ2v) is 7.57. The van der Waals surface area contributed by atoms with Crippen LogP contribution in [0.3, 0.4) is 0 Å². The van der Waals surface area contributed by atoms with Crippen molar-refractivity contribution in [3.63, 3.8) is 0 Å². The maximum Gasteiger partial charge on any atom is 0.349 e. The number of carbonyl (C=O) groups excluding carboxylic acids is 1. The number of fused-ring (bicyclic) bond motifs is 1. The van der Waals surface area contributed by atoms with E-state index in [4.69, 9.17) is 16.0 Å². The van der Waals surface area contributed by atoms with Gasteiger partial charge in [-0.05, 0) is 42.0 Å². The van der Waals surface area contributed by atoms with Crippen LogP contribution >= 0.6 is 22.9 Å². The highest BCUT2D eigenvalue weighted by Gasteiger charge is 2.16. The second kappa shape index (κ2) is 7.53. The van der Waals surface area contributed by atoms with Gasteiger partial charge in [0.05, 0.1) is 0 Å². The molecular formula is C20H12ClFN2O3S. The average molecular weight is 415 g/mol. The largest absolute Gasteiger partial charge is 0.422 e. The monoisotopic (exact) mass is 414 g/mol. The molecule has 5 nitrogen and oxygen atoms in total. The first-order valence-electron chi connectivity index (χ1n) is 8.22. The molecule has 2 aromatic heterocycles. The van der Waals surface area contributed by atoms with Crippen LogP contribution in [0.1, 0.15) is 20.8 Å². The van der Waals surface area contributed by atoms with E-state index in [1.54, 1.807) is 36.5 Å². The number of anilines is 1. The summed E-state index contributed by atoms with van der Waals surface area (Å²) in [5, 5.41) is 3.98. The van der Waals surface area contributed by atoms with Crippen LogP contribution in [0.5, 0.6) is 0 Å². The van der Waals surface area contributed by atoms with Gasteiger partial charge in [-0.15, -0.1) is 11.3 Å². The van der Waals surface area contributed by atoms with Crippen LogP contribution in [-0.4, -0.2) is 10.9 Å². The predicted octanol–water partition coefficient (Wildman–Crippen LogP) is 4.89. The number of hydrogen-bond acceptors (Lipinski definition) is 5. The minimum absolute atomic E-state index is 0.134. The maximum atomic E-state index is 13.0. The first-order valence-corrected chi connectivity index (χ1v) is 9.41. The Balaban J connectivity index is 1.53. The van der Waals surface area contributed by atoms with Crippen LogP contribution in [0, 0.1) is 5.82 Å². The summed E-state index contributed by atoms with van der Waals surface area (Å²) < 4.78 is 18.2. The lowest BCUT2D eigenvalue weighted by Crippen LogP contribution is -2.20. The van der Waals surface area contributed by atoms with E-state index in [1.165, 1.54) is 29.5 Å². The summed E-state index contributed by atoms with van der Waals surface area (Å²) >= 11 is 7.22. The lowest BCUT2D eigenvalue weighted by Gasteiger charge is -2.03. The zero-order valence-corrected chi connectivity index (χ0v) is 15.8. The Morgan fingerprint density at radius 3 is 2.75 bits per heavy atom. The molecule has 0 bridgehead atoms. The molecular weight excluding hydrogens is 403 g/mol. The Morgan fingerprint density at radius 1 is 1.18 bits per heavy atom. The summed E-state index contributed by atoms with van der Waals surface area (Å²) in [6, 6.07) is 12.4. The van der Waals surface area contributed by atoms with Crippen molar-refractivity contribution in [2.75, 3.05) is 5.32 Å². The van der Waals surface area contributed by atoms with Crippen LogP contribution in [0.2, 0.25) is 5.02 Å². The number of rotatable bonds is 4. The van der Waals surface area contributed by atoms with Crippen LogP contribution in [0.25, 0.3) is 11.0 Å². The Morgan fingerprint density at radius 2 is 1.96 bits per heavy atom. The molecule has 0 saturated carbocycles. The Bertz CT molecular complexity index is 1230. The van der Waals surface area contributed by atoms with E-state index in [1.807, 2.05) is 0 Å². The predicted molar refractivity (Wildman–Crippen MR) is 107 cm³/mol. The third kappa shape index (κ3) is 3.95. The summed E-state index contributed by atoms with van der Waals surface area (Å²) in [6.07, 6.45) is 2.19. The van der Waals surface area contributed by atoms with Crippen LogP contribution in [0.15, 0.2) is 63.9 Å². The van der Waals surface area contributed by atoms with Gasteiger partial charge >= 0.3 is 5.63 Å². The fourth-order valence-electron chi connectivity index (χ4n) is 2.67. The van der Waals surface area contributed by atoms with Crippen molar-refractivity contribution in [3.8, 4) is 0 Å². The van der Waals surface area contributed by atoms with E-state index >= 15 is 0 Å². The third-order valence-corrected chi connectivity index (χ3v) is 5.15. The summed E-state index contributed by atoms with van der Waals surface area (Å²) in [5.74, 6) is -0.908. The van der Waals surface area contributed by atoms with E-state index in [2.05, 4.69) is 10.3 Å². The topological polar surface area (TPSA) is 72.2 Å². The van der Waals surface area contributed by atoms with Crippen molar-refractivity contribution in [1.82, 2.24) is 4.98 Å². The van der Waals surface area contributed by atoms with Gasteiger partial charge in [-0.25, -0.2) is 14.2 Å². The number of nitrogens with zero attached hydrogens (tertiary/aromatic N) is 1. The molecule has 0 aliphatic carbocycles. The molecule has 2 aromatic carbocycles. The first-order chi connectivity index (χ1) is 13.5. The highest BCUT2D eigenvalue weighted by molar-refractivity contribution is 7.15. The quantitative estimate of drug-likeness (QED) is 0.483. The molecule has 0 spiro atoms. The first kappa shape index (κ1) is 18.3. The lowest BCUT2D eigenvalue weighted by atomic mass is 10.1. The molecule has 0 atom stereocenters. The molecule has 2 heterocycles. The molecule has 0 fully saturated rings. The minimum Gasteiger partial charge on any atom is -0.422 e. The van der Waals surface area contributed by atoms with Gasteiger partial charge in [0, 0.05) is 27.9 Å². The molecule has 8 heteroatoms. The van der Waals surface area contributed by atoms with Gasteiger partial charge in [0.25, 0.3) is 5.91 Å². The second-order valence-electron chi connectivity index (χ2n) is 6.02. The number of benzene rings is 2. The number of amides is 1. The number of nitrogens with one attached hydrogen (secondary N) is 1. The Hall–Kier alpha value is -3.03. The summed E-state index contributed by atoms with van der Waals surface area (Å²) in [6.45, 7) is 0. The van der Waals surface area contributed by atoms with Gasteiger partial charge in [-0.3, -0.25) is 10.1 Å². The van der Waals surface area contributed by atoms with Crippen LogP contribution in [0.4, 0.5) is 9.52 Å². The molecule has 28 heavy (non-hydrogen) atoms. The Kier molecular flexibility index (Phi) is 4.93. The third-order valence-electron chi connectivity index (χ3n) is 4.00. The van der Waals surface area contributed by atoms with Gasteiger partial charge in [0.1, 0.15) is 17.0 Å². The van der Waals surface area contributed by atoms with Crippen molar-refractivity contribution in [1.29, 1.82) is 0 Å². The number of thiazole rings is 1. The molecule has 1 amide bonds. The number of hydrogen-bond donors (Lipinski definition) is 1. The van der Waals surface area contributed by atoms with Crippen LogP contribution in [-0.2, 0) is 6.42 Å². The molecule has 0 aliphatic rings. The minimum atomic E-state index is -0.740. The van der Waals surface area contributed by atoms with Gasteiger partial charge in [-0.1, -0.05) is 23.7 Å². The maximum absolute atomic E-state index is 13.0. The number of aromatic nitrogens is 1. The van der Waals surface area contributed by atoms with Gasteiger partial charge < -0.3 is 4.42 Å². The van der Waals surface area contributed by atoms with Gasteiger partial charge in [-0.2, -0.15) is 0 Å². The number of halogens is 2. The molecule has 4 aromatic rings. The van der Waals surface area contributed by atoms with Crippen molar-refractivity contribution in [2.45, 2.75) is 6.42 Å². The fourth-order valence-corrected chi connectivity index (χ4v) is 3.69. The van der Waals surface area contributed by atoms with Crippen molar-refractivity contribution in [3.05, 3.63) is 92.0 Å². The molecule has 0 saturated heterocycles. The average Bonchev–Trinajstić information content (AvgIpc) is 3.10. The Labute approximate surface area is 167 Å². The lowest BCUT2D eigenvalue weighted by molar-refractivity contribution is 0.102. The van der Waals surface area contributed by atoms with E-state index in [9.17, 15) is 14.0 Å². The SMILES string of the molecule is O=C(Nc1ncc(Cc2ccc(F)cc2)s1)c1cc2cc(Cl)ccc2oc1=O. The van der Waals surface area contributed by atoms with E-state index in [-0.39, 0.29) is 11.4 Å². The van der Waals surface area contributed by atoms with Gasteiger partial charge in [0.15, 0.2) is 5.13 Å². The van der Waals surface area contributed by atoms with Crippen molar-refractivity contribution >= 4 is 44.9 Å². The molecule has 1 N–H and O–H groups in total. The van der Waals surface area contributed by atoms with Gasteiger partial charge in [0.2, 0.25) is 0 Å². The van der Waals surface area contributed by atoms with E-state index in [0.717, 1.165) is 10.4 Å². The normalized spacial score (nSPS) is 10.9.